The molecule has 0 spiro atoms. The fourth-order valence-electron chi connectivity index (χ4n) is 2.81. The molecule has 1 atom stereocenters. The third-order valence-corrected chi connectivity index (χ3v) is 5.57. The van der Waals surface area contributed by atoms with Crippen LogP contribution in [0.1, 0.15) is 11.8 Å². The van der Waals surface area contributed by atoms with Crippen molar-refractivity contribution in [3.05, 3.63) is 50.9 Å². The van der Waals surface area contributed by atoms with E-state index in [9.17, 15) is 0 Å². The van der Waals surface area contributed by atoms with Crippen LogP contribution in [0.25, 0.3) is 11.3 Å². The first-order valence-corrected chi connectivity index (χ1v) is 10.8. The molecule has 0 fully saturated rings. The summed E-state index contributed by atoms with van der Waals surface area (Å²) in [6.07, 6.45) is 1.39. The van der Waals surface area contributed by atoms with E-state index in [2.05, 4.69) is 52.4 Å². The van der Waals surface area contributed by atoms with E-state index in [1.54, 1.807) is 7.11 Å². The van der Waals surface area contributed by atoms with Crippen LogP contribution in [0.2, 0.25) is 0 Å². The molecule has 27 heavy (non-hydrogen) atoms. The number of ether oxygens (including phenoxy) is 2. The average Bonchev–Trinajstić information content (AvgIpc) is 2.84. The lowest BCUT2D eigenvalue weighted by molar-refractivity contribution is 0.219. The Kier molecular flexibility index (Phi) is 5.25. The van der Waals surface area contributed by atoms with Crippen molar-refractivity contribution < 1.29 is 9.47 Å². The van der Waals surface area contributed by atoms with Crippen LogP contribution in [-0.4, -0.2) is 28.5 Å². The van der Waals surface area contributed by atoms with Gasteiger partial charge < -0.3 is 14.8 Å². The van der Waals surface area contributed by atoms with Gasteiger partial charge in [-0.2, -0.15) is 4.98 Å². The largest absolute Gasteiger partial charge is 0.496 e. The monoisotopic (exact) mass is 508 g/mol. The first-order valence-electron chi connectivity index (χ1n) is 7.94. The number of methoxy groups -OCH3 is 1. The summed E-state index contributed by atoms with van der Waals surface area (Å²) in [5, 5.41) is 12.5. The van der Waals surface area contributed by atoms with Gasteiger partial charge in [0.05, 0.1) is 12.7 Å². The number of nitrogens with one attached hydrogen (secondary N) is 1. The number of hydrogen-bond acceptors (Lipinski definition) is 7. The summed E-state index contributed by atoms with van der Waals surface area (Å²) in [7, 11) is 1.64. The summed E-state index contributed by atoms with van der Waals surface area (Å²) in [6.45, 7) is 0. The quantitative estimate of drug-likeness (QED) is 0.480. The second-order valence-electron chi connectivity index (χ2n) is 5.67. The Morgan fingerprint density at radius 3 is 2.67 bits per heavy atom. The highest BCUT2D eigenvalue weighted by Gasteiger charge is 2.28. The number of anilines is 1. The Morgan fingerprint density at radius 1 is 1.11 bits per heavy atom. The summed E-state index contributed by atoms with van der Waals surface area (Å²) < 4.78 is 13.6. The van der Waals surface area contributed by atoms with E-state index < -0.39 is 6.23 Å². The number of rotatable bonds is 3. The number of hydrogen-bond donors (Lipinski definition) is 1. The summed E-state index contributed by atoms with van der Waals surface area (Å²) in [5.74, 6) is 1.13. The van der Waals surface area contributed by atoms with Gasteiger partial charge in [0.25, 0.3) is 0 Å². The zero-order chi connectivity index (χ0) is 19.0. The standard InChI is InChI=1S/C18H14Br2N4O2S/c1-25-14-6-4-10(20)8-12(14)16-21-13-5-3-9(19)7-11(13)15-17(26-16)22-18(27-2)24-23-15/h3-8,16,21H,1-2H3/t16-/m1/s1. The molecule has 1 aromatic heterocycles. The van der Waals surface area contributed by atoms with Gasteiger partial charge in [0.15, 0.2) is 5.69 Å². The molecule has 0 radical (unpaired) electrons. The molecule has 0 bridgehead atoms. The zero-order valence-corrected chi connectivity index (χ0v) is 18.4. The number of halogens is 2. The Bertz CT molecular complexity index is 1020. The van der Waals surface area contributed by atoms with Crippen molar-refractivity contribution in [3.63, 3.8) is 0 Å². The molecule has 0 saturated carbocycles. The molecular weight excluding hydrogens is 496 g/mol. The molecule has 6 nitrogen and oxygen atoms in total. The van der Waals surface area contributed by atoms with Crippen molar-refractivity contribution in [1.29, 1.82) is 0 Å². The van der Waals surface area contributed by atoms with Crippen molar-refractivity contribution in [2.24, 2.45) is 0 Å². The van der Waals surface area contributed by atoms with Crippen LogP contribution in [0.4, 0.5) is 5.69 Å². The van der Waals surface area contributed by atoms with Crippen LogP contribution in [0.3, 0.4) is 0 Å². The van der Waals surface area contributed by atoms with Gasteiger partial charge in [0, 0.05) is 20.2 Å². The first-order chi connectivity index (χ1) is 13.1. The predicted molar refractivity (Wildman–Crippen MR) is 112 cm³/mol. The van der Waals surface area contributed by atoms with E-state index in [1.165, 1.54) is 11.8 Å². The van der Waals surface area contributed by atoms with Crippen molar-refractivity contribution in [2.75, 3.05) is 18.7 Å². The fourth-order valence-corrected chi connectivity index (χ4v) is 3.84. The van der Waals surface area contributed by atoms with Gasteiger partial charge in [-0.1, -0.05) is 43.6 Å². The molecule has 2 heterocycles. The molecule has 1 N–H and O–H groups in total. The molecular formula is C18H14Br2N4O2S. The maximum absolute atomic E-state index is 6.25. The van der Waals surface area contributed by atoms with Crippen LogP contribution in [0.5, 0.6) is 11.6 Å². The van der Waals surface area contributed by atoms with Crippen molar-refractivity contribution in [3.8, 4) is 22.9 Å². The Hall–Kier alpha value is -1.84. The lowest BCUT2D eigenvalue weighted by Crippen LogP contribution is -2.18. The molecule has 9 heteroatoms. The number of aromatic nitrogens is 3. The normalized spacial score (nSPS) is 15.0. The van der Waals surface area contributed by atoms with Crippen LogP contribution in [-0.2, 0) is 0 Å². The highest BCUT2D eigenvalue weighted by molar-refractivity contribution is 9.10. The van der Waals surface area contributed by atoms with E-state index in [0.717, 1.165) is 25.8 Å². The Morgan fingerprint density at radius 2 is 1.89 bits per heavy atom. The molecule has 0 saturated heterocycles. The van der Waals surface area contributed by atoms with Crippen LogP contribution >= 0.6 is 43.6 Å². The molecule has 0 amide bonds. The zero-order valence-electron chi connectivity index (χ0n) is 14.4. The minimum absolute atomic E-state index is 0.422. The maximum atomic E-state index is 6.25. The SMILES string of the molecule is COc1ccc(Br)cc1[C@@H]1Nc2ccc(Br)cc2-c2nnc(SC)nc2O1. The number of nitrogens with zero attached hydrogens (tertiary/aromatic N) is 3. The van der Waals surface area contributed by atoms with Gasteiger partial charge in [0.2, 0.25) is 17.3 Å². The molecule has 0 aliphatic carbocycles. The van der Waals surface area contributed by atoms with Gasteiger partial charge in [-0.15, -0.1) is 10.2 Å². The number of benzene rings is 2. The molecule has 1 aliphatic heterocycles. The predicted octanol–water partition coefficient (Wildman–Crippen LogP) is 5.30. The lowest BCUT2D eigenvalue weighted by atomic mass is 10.1. The average molecular weight is 510 g/mol. The van der Waals surface area contributed by atoms with Gasteiger partial charge in [-0.3, -0.25) is 0 Å². The molecule has 4 rings (SSSR count). The van der Waals surface area contributed by atoms with E-state index in [0.29, 0.717) is 22.5 Å². The third-order valence-electron chi connectivity index (χ3n) is 4.04. The smallest absolute Gasteiger partial charge is 0.247 e. The van der Waals surface area contributed by atoms with Crippen molar-refractivity contribution in [2.45, 2.75) is 11.4 Å². The van der Waals surface area contributed by atoms with Crippen LogP contribution < -0.4 is 14.8 Å². The Balaban J connectivity index is 1.90. The van der Waals surface area contributed by atoms with Crippen LogP contribution in [0.15, 0.2) is 50.5 Å². The molecule has 3 aromatic rings. The van der Waals surface area contributed by atoms with Gasteiger partial charge in [-0.25, -0.2) is 0 Å². The second kappa shape index (κ2) is 7.65. The van der Waals surface area contributed by atoms with Gasteiger partial charge in [0.1, 0.15) is 5.75 Å². The first kappa shape index (κ1) is 18.5. The van der Waals surface area contributed by atoms with Crippen molar-refractivity contribution in [1.82, 2.24) is 15.2 Å². The summed E-state index contributed by atoms with van der Waals surface area (Å²) in [4.78, 5) is 4.53. The van der Waals surface area contributed by atoms with E-state index in [4.69, 9.17) is 9.47 Å². The molecule has 0 unspecified atom stereocenters. The van der Waals surface area contributed by atoms with Gasteiger partial charge >= 0.3 is 0 Å². The topological polar surface area (TPSA) is 69.2 Å². The maximum Gasteiger partial charge on any atom is 0.247 e. The minimum atomic E-state index is -0.509. The minimum Gasteiger partial charge on any atom is -0.496 e. The van der Waals surface area contributed by atoms with E-state index >= 15 is 0 Å². The second-order valence-corrected chi connectivity index (χ2v) is 8.28. The molecule has 138 valence electrons. The van der Waals surface area contributed by atoms with Crippen molar-refractivity contribution >= 4 is 49.3 Å². The third kappa shape index (κ3) is 3.63. The van der Waals surface area contributed by atoms with E-state index in [-0.39, 0.29) is 0 Å². The summed E-state index contributed by atoms with van der Waals surface area (Å²) in [5.41, 5.74) is 3.17. The highest BCUT2D eigenvalue weighted by Crippen LogP contribution is 2.42. The Labute approximate surface area is 177 Å². The highest BCUT2D eigenvalue weighted by atomic mass is 79.9. The van der Waals surface area contributed by atoms with Crippen LogP contribution in [0, 0.1) is 0 Å². The van der Waals surface area contributed by atoms with Gasteiger partial charge in [-0.05, 0) is 42.7 Å². The number of thioether (sulfide) groups is 1. The lowest BCUT2D eigenvalue weighted by Gasteiger charge is -2.21. The summed E-state index contributed by atoms with van der Waals surface area (Å²) >= 11 is 8.46. The molecule has 1 aliphatic rings. The molecule has 2 aromatic carbocycles. The van der Waals surface area contributed by atoms with E-state index in [1.807, 2.05) is 42.7 Å². The fraction of sp³-hybridized carbons (Fsp3) is 0.167. The summed E-state index contributed by atoms with van der Waals surface area (Å²) in [6, 6.07) is 11.7. The number of fused-ring (bicyclic) bond motifs is 3.